The highest BCUT2D eigenvalue weighted by Crippen LogP contribution is 2.14. The number of hydrogen-bond acceptors (Lipinski definition) is 5. The maximum Gasteiger partial charge on any atom is 0.374 e. The van der Waals surface area contributed by atoms with E-state index in [-0.39, 0.29) is 6.61 Å². The molecule has 0 saturated heterocycles. The number of aliphatic hydroxyl groups excluding tert-OH is 2. The van der Waals surface area contributed by atoms with Crippen molar-refractivity contribution < 1.29 is 20.0 Å². The fraction of sp³-hybridized carbons (Fsp3) is 0.529. The molecule has 5 nitrogen and oxygen atoms in total. The first-order valence-electron chi connectivity index (χ1n) is 8.21. The third kappa shape index (κ3) is 8.18. The SMILES string of the molecule is CCCCCOc1ccc(/C=C/[C@H](O)[C@@H](CO)NB(C)O)cc1. The monoisotopic (exact) mass is 321 g/mol. The Kier molecular flexibility index (Phi) is 9.63. The second-order valence-corrected chi connectivity index (χ2v) is 5.61. The fourth-order valence-corrected chi connectivity index (χ4v) is 2.13. The minimum atomic E-state index is -0.889. The molecule has 0 spiro atoms. The summed E-state index contributed by atoms with van der Waals surface area (Å²) in [6, 6.07) is 7.01. The average Bonchev–Trinajstić information content (AvgIpc) is 2.55. The molecule has 0 bridgehead atoms. The summed E-state index contributed by atoms with van der Waals surface area (Å²) in [4.78, 5) is 0. The highest BCUT2D eigenvalue weighted by Gasteiger charge is 2.18. The lowest BCUT2D eigenvalue weighted by Crippen LogP contribution is -2.48. The Morgan fingerprint density at radius 1 is 1.26 bits per heavy atom. The van der Waals surface area contributed by atoms with E-state index >= 15 is 0 Å². The van der Waals surface area contributed by atoms with Gasteiger partial charge in [-0.05, 0) is 30.9 Å². The van der Waals surface area contributed by atoms with Crippen LogP contribution in [0, 0.1) is 0 Å². The topological polar surface area (TPSA) is 82.0 Å². The van der Waals surface area contributed by atoms with Crippen LogP contribution in [0.2, 0.25) is 6.82 Å². The van der Waals surface area contributed by atoms with Crippen LogP contribution in [-0.4, -0.2) is 47.6 Å². The van der Waals surface area contributed by atoms with E-state index in [2.05, 4.69) is 12.2 Å². The first kappa shape index (κ1) is 19.7. The molecule has 0 aliphatic rings. The van der Waals surface area contributed by atoms with E-state index in [1.165, 1.54) is 12.8 Å². The van der Waals surface area contributed by atoms with Crippen molar-refractivity contribution in [3.8, 4) is 5.75 Å². The maximum absolute atomic E-state index is 10.00. The van der Waals surface area contributed by atoms with Crippen molar-refractivity contribution in [2.24, 2.45) is 0 Å². The summed E-state index contributed by atoms with van der Waals surface area (Å²) >= 11 is 0. The van der Waals surface area contributed by atoms with Crippen LogP contribution in [0.1, 0.15) is 31.7 Å². The summed E-state index contributed by atoms with van der Waals surface area (Å²) in [7, 11) is -0.792. The molecule has 0 radical (unpaired) electrons. The molecule has 1 rings (SSSR count). The lowest BCUT2D eigenvalue weighted by atomic mass is 9.86. The molecule has 2 atom stereocenters. The number of ether oxygens (including phenoxy) is 1. The third-order valence-electron chi connectivity index (χ3n) is 3.45. The normalized spacial score (nSPS) is 14.0. The van der Waals surface area contributed by atoms with E-state index in [1.807, 2.05) is 24.3 Å². The number of nitrogens with one attached hydrogen (secondary N) is 1. The molecule has 0 aliphatic heterocycles. The fourth-order valence-electron chi connectivity index (χ4n) is 2.13. The number of benzene rings is 1. The van der Waals surface area contributed by atoms with Crippen molar-refractivity contribution in [1.29, 1.82) is 0 Å². The average molecular weight is 321 g/mol. The van der Waals surface area contributed by atoms with Gasteiger partial charge in [-0.2, -0.15) is 0 Å². The van der Waals surface area contributed by atoms with Gasteiger partial charge in [0.05, 0.1) is 25.4 Å². The van der Waals surface area contributed by atoms with Crippen LogP contribution >= 0.6 is 0 Å². The van der Waals surface area contributed by atoms with Crippen molar-refractivity contribution in [2.75, 3.05) is 13.2 Å². The van der Waals surface area contributed by atoms with Gasteiger partial charge in [-0.25, -0.2) is 0 Å². The molecule has 0 unspecified atom stereocenters. The summed E-state index contributed by atoms with van der Waals surface area (Å²) in [5.74, 6) is 0.836. The number of aliphatic hydroxyl groups is 2. The molecule has 0 fully saturated rings. The summed E-state index contributed by atoms with van der Waals surface area (Å²) in [6.07, 6.45) is 5.88. The first-order chi connectivity index (χ1) is 11.1. The molecule has 0 aromatic heterocycles. The molecule has 0 saturated carbocycles. The van der Waals surface area contributed by atoms with Crippen molar-refractivity contribution >= 4 is 13.1 Å². The van der Waals surface area contributed by atoms with Crippen LogP contribution in [-0.2, 0) is 0 Å². The van der Waals surface area contributed by atoms with E-state index in [0.717, 1.165) is 24.3 Å². The molecule has 1 aromatic rings. The smallest absolute Gasteiger partial charge is 0.374 e. The van der Waals surface area contributed by atoms with Crippen molar-refractivity contribution in [3.63, 3.8) is 0 Å². The van der Waals surface area contributed by atoms with Crippen molar-refractivity contribution in [1.82, 2.24) is 5.23 Å². The zero-order chi connectivity index (χ0) is 17.1. The highest BCUT2D eigenvalue weighted by atomic mass is 16.5. The van der Waals surface area contributed by atoms with E-state index in [1.54, 1.807) is 19.0 Å². The number of unbranched alkanes of at least 4 members (excludes halogenated alkanes) is 2. The minimum Gasteiger partial charge on any atom is -0.494 e. The molecule has 4 N–H and O–H groups in total. The standard InChI is InChI=1S/C17H28BNO4/c1-3-4-5-12-23-15-9-6-14(7-10-15)8-11-17(21)16(13-20)19-18(2)22/h6-11,16-17,19-22H,3-5,12-13H2,1-2H3/b11-8+/t16-,17+/m1/s1. The Morgan fingerprint density at radius 2 is 1.96 bits per heavy atom. The van der Waals surface area contributed by atoms with Crippen LogP contribution in [0.5, 0.6) is 5.75 Å². The van der Waals surface area contributed by atoms with Crippen LogP contribution in [0.3, 0.4) is 0 Å². The van der Waals surface area contributed by atoms with Gasteiger partial charge in [0.2, 0.25) is 0 Å². The summed E-state index contributed by atoms with van der Waals surface area (Å²) in [6.45, 7) is 4.16. The van der Waals surface area contributed by atoms with Crippen LogP contribution in [0.15, 0.2) is 30.3 Å². The van der Waals surface area contributed by atoms with Crippen molar-refractivity contribution in [2.45, 2.75) is 45.2 Å². The van der Waals surface area contributed by atoms with Gasteiger partial charge in [0.15, 0.2) is 0 Å². The van der Waals surface area contributed by atoms with E-state index in [9.17, 15) is 15.2 Å². The molecule has 0 amide bonds. The van der Waals surface area contributed by atoms with E-state index in [4.69, 9.17) is 4.74 Å². The molecular formula is C17H28BNO4. The van der Waals surface area contributed by atoms with Gasteiger partial charge in [-0.1, -0.05) is 44.1 Å². The Bertz CT molecular complexity index is 450. The van der Waals surface area contributed by atoms with Gasteiger partial charge in [-0.15, -0.1) is 0 Å². The molecule has 0 heterocycles. The summed E-state index contributed by atoms with van der Waals surface area (Å²) in [5.41, 5.74) is 0.929. The predicted octanol–water partition coefficient (Wildman–Crippen LogP) is 1.69. The summed E-state index contributed by atoms with van der Waals surface area (Å²) < 4.78 is 5.64. The third-order valence-corrected chi connectivity index (χ3v) is 3.45. The van der Waals surface area contributed by atoms with E-state index < -0.39 is 19.2 Å². The van der Waals surface area contributed by atoms with Crippen molar-refractivity contribution in [3.05, 3.63) is 35.9 Å². The molecular weight excluding hydrogens is 293 g/mol. The Morgan fingerprint density at radius 3 is 2.52 bits per heavy atom. The Balaban J connectivity index is 2.49. The number of rotatable bonds is 11. The Hall–Kier alpha value is -1.34. The molecule has 0 aliphatic carbocycles. The summed E-state index contributed by atoms with van der Waals surface area (Å²) in [5, 5.41) is 31.2. The second kappa shape index (κ2) is 11.2. The van der Waals surface area contributed by atoms with Crippen LogP contribution in [0.25, 0.3) is 6.08 Å². The van der Waals surface area contributed by atoms with Gasteiger partial charge in [0.25, 0.3) is 0 Å². The minimum absolute atomic E-state index is 0.263. The van der Waals surface area contributed by atoms with Crippen LogP contribution in [0.4, 0.5) is 0 Å². The first-order valence-corrected chi connectivity index (χ1v) is 8.21. The number of hydrogen-bond donors (Lipinski definition) is 4. The van der Waals surface area contributed by atoms with E-state index in [0.29, 0.717) is 0 Å². The van der Waals surface area contributed by atoms with Gasteiger partial charge in [0, 0.05) is 0 Å². The maximum atomic E-state index is 10.00. The lowest BCUT2D eigenvalue weighted by molar-refractivity contribution is 0.133. The zero-order valence-electron chi connectivity index (χ0n) is 14.0. The second-order valence-electron chi connectivity index (χ2n) is 5.61. The van der Waals surface area contributed by atoms with Gasteiger partial charge >= 0.3 is 7.05 Å². The van der Waals surface area contributed by atoms with Gasteiger partial charge < -0.3 is 25.2 Å². The van der Waals surface area contributed by atoms with Gasteiger partial charge in [0.1, 0.15) is 5.75 Å². The highest BCUT2D eigenvalue weighted by molar-refractivity contribution is 6.45. The molecule has 128 valence electrons. The predicted molar refractivity (Wildman–Crippen MR) is 94.3 cm³/mol. The molecule has 23 heavy (non-hydrogen) atoms. The zero-order valence-corrected chi connectivity index (χ0v) is 14.0. The van der Waals surface area contributed by atoms with Gasteiger partial charge in [-0.3, -0.25) is 0 Å². The quantitative estimate of drug-likeness (QED) is 0.368. The van der Waals surface area contributed by atoms with Crippen LogP contribution < -0.4 is 9.96 Å². The molecule has 6 heteroatoms. The lowest BCUT2D eigenvalue weighted by Gasteiger charge is -2.20. The largest absolute Gasteiger partial charge is 0.494 e. The Labute approximate surface area is 139 Å². The molecule has 1 aromatic carbocycles.